The van der Waals surface area contributed by atoms with Crippen LogP contribution in [0.1, 0.15) is 5.69 Å². The Morgan fingerprint density at radius 2 is 2.12 bits per heavy atom. The number of hydrogen-bond donors (Lipinski definition) is 1. The highest BCUT2D eigenvalue weighted by Crippen LogP contribution is 2.26. The van der Waals surface area contributed by atoms with Crippen LogP contribution < -0.4 is 9.46 Å². The van der Waals surface area contributed by atoms with Crippen molar-refractivity contribution >= 4 is 27.3 Å². The normalized spacial score (nSPS) is 11.8. The first kappa shape index (κ1) is 16.8. The van der Waals surface area contributed by atoms with Gasteiger partial charge in [0.1, 0.15) is 16.3 Å². The number of benzene rings is 1. The highest BCUT2D eigenvalue weighted by Gasteiger charge is 2.19. The minimum Gasteiger partial charge on any atom is -0.495 e. The summed E-state index contributed by atoms with van der Waals surface area (Å²) < 4.78 is 34.4. The third kappa shape index (κ3) is 3.53. The second-order valence-electron chi connectivity index (χ2n) is 5.14. The Labute approximate surface area is 145 Å². The largest absolute Gasteiger partial charge is 0.495 e. The molecule has 0 unspecified atom stereocenters. The van der Waals surface area contributed by atoms with Crippen molar-refractivity contribution in [1.82, 2.24) is 14.1 Å². The standard InChI is InChI=1S/C16H16ClN3O3S/c1-23-14-6-5-12(17)10-15(14)24(21,22)18-8-7-13-11-20-9-3-2-4-16(20)19-13/h2-6,9-11,18H,7-8H2,1H3. The molecule has 2 heterocycles. The number of aromatic nitrogens is 2. The van der Waals surface area contributed by atoms with Gasteiger partial charge < -0.3 is 9.14 Å². The van der Waals surface area contributed by atoms with Crippen LogP contribution in [0.4, 0.5) is 0 Å². The number of sulfonamides is 1. The minimum absolute atomic E-state index is 0.0208. The van der Waals surface area contributed by atoms with Crippen molar-refractivity contribution in [1.29, 1.82) is 0 Å². The molecule has 0 aliphatic rings. The zero-order chi connectivity index (χ0) is 17.2. The monoisotopic (exact) mass is 365 g/mol. The number of imidazole rings is 1. The molecule has 1 N–H and O–H groups in total. The van der Waals surface area contributed by atoms with Gasteiger partial charge in [0.15, 0.2) is 0 Å². The van der Waals surface area contributed by atoms with E-state index in [0.717, 1.165) is 11.3 Å². The molecule has 2 aromatic heterocycles. The summed E-state index contributed by atoms with van der Waals surface area (Å²) in [6.45, 7) is 0.224. The maximum absolute atomic E-state index is 12.5. The average molecular weight is 366 g/mol. The summed E-state index contributed by atoms with van der Waals surface area (Å²) in [6, 6.07) is 10.2. The third-order valence-corrected chi connectivity index (χ3v) is 5.22. The fraction of sp³-hybridized carbons (Fsp3) is 0.188. The molecule has 3 rings (SSSR count). The van der Waals surface area contributed by atoms with Gasteiger partial charge in [0.2, 0.25) is 10.0 Å². The fourth-order valence-corrected chi connectivity index (χ4v) is 3.82. The molecule has 0 amide bonds. The number of hydrogen-bond acceptors (Lipinski definition) is 4. The van der Waals surface area contributed by atoms with E-state index in [4.69, 9.17) is 16.3 Å². The molecule has 0 radical (unpaired) electrons. The van der Waals surface area contributed by atoms with Crippen LogP contribution in [0.25, 0.3) is 5.65 Å². The first-order valence-corrected chi connectivity index (χ1v) is 9.11. The lowest BCUT2D eigenvalue weighted by atomic mass is 10.3. The lowest BCUT2D eigenvalue weighted by molar-refractivity contribution is 0.402. The maximum Gasteiger partial charge on any atom is 0.244 e. The van der Waals surface area contributed by atoms with Crippen LogP contribution in [0.3, 0.4) is 0 Å². The van der Waals surface area contributed by atoms with E-state index in [1.165, 1.54) is 19.2 Å². The molecule has 0 aliphatic carbocycles. The molecule has 0 bridgehead atoms. The van der Waals surface area contributed by atoms with Crippen molar-refractivity contribution in [3.8, 4) is 5.75 Å². The van der Waals surface area contributed by atoms with Gasteiger partial charge in [-0.25, -0.2) is 18.1 Å². The molecule has 6 nitrogen and oxygen atoms in total. The fourth-order valence-electron chi connectivity index (χ4n) is 2.36. The number of halogens is 1. The summed E-state index contributed by atoms with van der Waals surface area (Å²) in [5.74, 6) is 0.250. The van der Waals surface area contributed by atoms with Crippen LogP contribution in [0, 0.1) is 0 Å². The van der Waals surface area contributed by atoms with E-state index in [1.807, 2.05) is 35.0 Å². The number of fused-ring (bicyclic) bond motifs is 1. The molecule has 1 aromatic carbocycles. The molecule has 3 aromatic rings. The quantitative estimate of drug-likeness (QED) is 0.728. The lowest BCUT2D eigenvalue weighted by Gasteiger charge is -2.10. The highest BCUT2D eigenvalue weighted by molar-refractivity contribution is 7.89. The van der Waals surface area contributed by atoms with Gasteiger partial charge in [-0.15, -0.1) is 0 Å². The zero-order valence-corrected chi connectivity index (χ0v) is 14.5. The van der Waals surface area contributed by atoms with Gasteiger partial charge in [-0.1, -0.05) is 17.7 Å². The van der Waals surface area contributed by atoms with E-state index in [9.17, 15) is 8.42 Å². The summed E-state index contributed by atoms with van der Waals surface area (Å²) >= 11 is 5.89. The molecule has 126 valence electrons. The number of rotatable bonds is 6. The third-order valence-electron chi connectivity index (χ3n) is 3.50. The molecule has 0 atom stereocenters. The van der Waals surface area contributed by atoms with Gasteiger partial charge in [0.25, 0.3) is 0 Å². The topological polar surface area (TPSA) is 72.7 Å². The van der Waals surface area contributed by atoms with E-state index in [0.29, 0.717) is 11.4 Å². The summed E-state index contributed by atoms with van der Waals surface area (Å²) in [4.78, 5) is 4.46. The van der Waals surface area contributed by atoms with E-state index < -0.39 is 10.0 Å². The Morgan fingerprint density at radius 3 is 2.88 bits per heavy atom. The number of nitrogens with one attached hydrogen (secondary N) is 1. The lowest BCUT2D eigenvalue weighted by Crippen LogP contribution is -2.26. The Morgan fingerprint density at radius 1 is 1.29 bits per heavy atom. The Hall–Kier alpha value is -2.09. The van der Waals surface area contributed by atoms with Gasteiger partial charge in [0.05, 0.1) is 12.8 Å². The van der Waals surface area contributed by atoms with Gasteiger partial charge in [-0.3, -0.25) is 0 Å². The summed E-state index contributed by atoms with van der Waals surface area (Å²) in [5, 5.41) is 0.330. The van der Waals surface area contributed by atoms with E-state index >= 15 is 0 Å². The van der Waals surface area contributed by atoms with Crippen LogP contribution in [0.2, 0.25) is 5.02 Å². The van der Waals surface area contributed by atoms with Crippen molar-refractivity contribution in [2.24, 2.45) is 0 Å². The van der Waals surface area contributed by atoms with Crippen molar-refractivity contribution in [2.45, 2.75) is 11.3 Å². The van der Waals surface area contributed by atoms with Crippen LogP contribution in [-0.4, -0.2) is 31.5 Å². The van der Waals surface area contributed by atoms with Crippen LogP contribution in [0.5, 0.6) is 5.75 Å². The van der Waals surface area contributed by atoms with E-state index in [-0.39, 0.29) is 17.2 Å². The summed E-state index contributed by atoms with van der Waals surface area (Å²) in [6.07, 6.45) is 4.25. The van der Waals surface area contributed by atoms with Crippen molar-refractivity contribution < 1.29 is 13.2 Å². The second-order valence-corrected chi connectivity index (χ2v) is 7.31. The molecule has 0 saturated heterocycles. The molecule has 24 heavy (non-hydrogen) atoms. The smallest absolute Gasteiger partial charge is 0.244 e. The first-order chi connectivity index (χ1) is 11.5. The zero-order valence-electron chi connectivity index (χ0n) is 12.9. The molecule has 0 fully saturated rings. The van der Waals surface area contributed by atoms with Gasteiger partial charge in [-0.05, 0) is 30.3 Å². The summed E-state index contributed by atoms with van der Waals surface area (Å²) in [5.41, 5.74) is 1.63. The molecule has 0 spiro atoms. The number of pyridine rings is 1. The summed E-state index contributed by atoms with van der Waals surface area (Å²) in [7, 11) is -2.30. The van der Waals surface area contributed by atoms with Gasteiger partial charge >= 0.3 is 0 Å². The SMILES string of the molecule is COc1ccc(Cl)cc1S(=O)(=O)NCCc1cn2ccccc2n1. The Bertz CT molecular complexity index is 937. The maximum atomic E-state index is 12.5. The second kappa shape index (κ2) is 6.80. The molecule has 8 heteroatoms. The van der Waals surface area contributed by atoms with Crippen LogP contribution in [0.15, 0.2) is 53.7 Å². The van der Waals surface area contributed by atoms with E-state index in [2.05, 4.69) is 9.71 Å². The van der Waals surface area contributed by atoms with Crippen LogP contribution >= 0.6 is 11.6 Å². The van der Waals surface area contributed by atoms with Gasteiger partial charge in [0, 0.05) is 30.4 Å². The van der Waals surface area contributed by atoms with Crippen LogP contribution in [-0.2, 0) is 16.4 Å². The predicted molar refractivity (Wildman–Crippen MR) is 92.1 cm³/mol. The van der Waals surface area contributed by atoms with Crippen molar-refractivity contribution in [2.75, 3.05) is 13.7 Å². The molecular formula is C16H16ClN3O3S. The Balaban J connectivity index is 1.72. The number of ether oxygens (including phenoxy) is 1. The van der Waals surface area contributed by atoms with Crippen molar-refractivity contribution in [3.63, 3.8) is 0 Å². The first-order valence-electron chi connectivity index (χ1n) is 7.25. The number of nitrogens with zero attached hydrogens (tertiary/aromatic N) is 2. The molecular weight excluding hydrogens is 350 g/mol. The van der Waals surface area contributed by atoms with E-state index in [1.54, 1.807) is 6.07 Å². The van der Waals surface area contributed by atoms with Gasteiger partial charge in [-0.2, -0.15) is 0 Å². The number of methoxy groups -OCH3 is 1. The highest BCUT2D eigenvalue weighted by atomic mass is 35.5. The van der Waals surface area contributed by atoms with Crippen molar-refractivity contribution in [3.05, 3.63) is 59.5 Å². The Kier molecular flexibility index (Phi) is 4.75. The minimum atomic E-state index is -3.72. The predicted octanol–water partition coefficient (Wildman–Crippen LogP) is 2.52. The molecule has 0 saturated carbocycles. The molecule has 0 aliphatic heterocycles. The average Bonchev–Trinajstić information content (AvgIpc) is 2.97.